The topological polar surface area (TPSA) is 58.7 Å². The van der Waals surface area contributed by atoms with Crippen LogP contribution in [0.5, 0.6) is 0 Å². The van der Waals surface area contributed by atoms with Gasteiger partial charge in [-0.3, -0.25) is 4.79 Å². The molecule has 0 fully saturated rings. The first kappa shape index (κ1) is 17.7. The number of benzene rings is 1. The van der Waals surface area contributed by atoms with Crippen molar-refractivity contribution in [2.24, 2.45) is 5.10 Å². The number of hydrogen-bond donors (Lipinski definition) is 0. The Hall–Kier alpha value is -2.42. The number of fused-ring (bicyclic) bond motifs is 1. The van der Waals surface area contributed by atoms with Crippen LogP contribution >= 0.6 is 34.4 Å². The zero-order chi connectivity index (χ0) is 18.9. The summed E-state index contributed by atoms with van der Waals surface area (Å²) in [6.45, 7) is 0. The fourth-order valence-corrected chi connectivity index (χ4v) is 5.36. The van der Waals surface area contributed by atoms with Gasteiger partial charge in [0, 0.05) is 11.3 Å². The Kier molecular flexibility index (Phi) is 4.76. The van der Waals surface area contributed by atoms with Gasteiger partial charge in [-0.25, -0.2) is 9.99 Å². The van der Waals surface area contributed by atoms with Crippen LogP contribution in [0, 0.1) is 0 Å². The Bertz CT molecular complexity index is 1100. The van der Waals surface area contributed by atoms with E-state index in [1.165, 1.54) is 11.8 Å². The van der Waals surface area contributed by atoms with E-state index >= 15 is 0 Å². The van der Waals surface area contributed by atoms with Crippen LogP contribution in [-0.2, 0) is 4.79 Å². The van der Waals surface area contributed by atoms with Crippen LogP contribution in [0.1, 0.15) is 22.2 Å². The predicted molar refractivity (Wildman–Crippen MR) is 114 cm³/mol. The van der Waals surface area contributed by atoms with Gasteiger partial charge in [-0.05, 0) is 35.0 Å². The molecule has 5 nitrogen and oxygen atoms in total. The second kappa shape index (κ2) is 7.54. The molecule has 1 amide bonds. The third-order valence-corrected chi connectivity index (χ3v) is 7.14. The molecule has 140 valence electrons. The molecular formula is C20H15N3O2S3. The van der Waals surface area contributed by atoms with E-state index in [-0.39, 0.29) is 17.7 Å². The van der Waals surface area contributed by atoms with Crippen molar-refractivity contribution in [1.29, 1.82) is 0 Å². The lowest BCUT2D eigenvalue weighted by Crippen LogP contribution is -2.28. The summed E-state index contributed by atoms with van der Waals surface area (Å²) in [7, 11) is 0. The summed E-state index contributed by atoms with van der Waals surface area (Å²) >= 11 is 4.61. The van der Waals surface area contributed by atoms with Crippen molar-refractivity contribution in [2.75, 3.05) is 5.75 Å². The number of carbonyl (C=O) groups excluding carboxylic acids is 1. The number of aromatic nitrogens is 1. The van der Waals surface area contributed by atoms with Crippen LogP contribution < -0.4 is 0 Å². The summed E-state index contributed by atoms with van der Waals surface area (Å²) < 4.78 is 5.71. The van der Waals surface area contributed by atoms with E-state index in [0.29, 0.717) is 5.22 Å². The second-order valence-electron chi connectivity index (χ2n) is 6.23. The fourth-order valence-electron chi connectivity index (χ4n) is 3.14. The zero-order valence-corrected chi connectivity index (χ0v) is 17.1. The van der Waals surface area contributed by atoms with Crippen LogP contribution in [0.3, 0.4) is 0 Å². The number of carbonyl (C=O) groups is 1. The first-order valence-electron chi connectivity index (χ1n) is 8.73. The van der Waals surface area contributed by atoms with Gasteiger partial charge in [0.2, 0.25) is 0 Å². The van der Waals surface area contributed by atoms with Crippen LogP contribution in [0.15, 0.2) is 74.0 Å². The van der Waals surface area contributed by atoms with E-state index in [1.807, 2.05) is 47.2 Å². The summed E-state index contributed by atoms with van der Waals surface area (Å²) in [5.74, 6) is 0.188. The summed E-state index contributed by atoms with van der Waals surface area (Å²) in [6.07, 6.45) is 0.736. The van der Waals surface area contributed by atoms with Crippen molar-refractivity contribution in [2.45, 2.75) is 17.7 Å². The quantitative estimate of drug-likeness (QED) is 0.401. The highest BCUT2D eigenvalue weighted by atomic mass is 32.2. The van der Waals surface area contributed by atoms with Crippen LogP contribution in [0.25, 0.3) is 11.1 Å². The number of hydrogen-bond acceptors (Lipinski definition) is 7. The summed E-state index contributed by atoms with van der Waals surface area (Å²) in [5, 5.41) is 10.9. The number of thiophene rings is 2. The van der Waals surface area contributed by atoms with Gasteiger partial charge in [-0.15, -0.1) is 22.7 Å². The number of oxazole rings is 1. The SMILES string of the molecule is O=C(CSc1nc2ccccc2o1)N1N=C(c2cccs2)CC1c1cccs1. The van der Waals surface area contributed by atoms with E-state index in [0.717, 1.165) is 33.0 Å². The lowest BCUT2D eigenvalue weighted by molar-refractivity contribution is -0.130. The van der Waals surface area contributed by atoms with Crippen LogP contribution in [-0.4, -0.2) is 27.4 Å². The number of rotatable bonds is 5. The lowest BCUT2D eigenvalue weighted by Gasteiger charge is -2.20. The molecule has 0 N–H and O–H groups in total. The molecule has 1 atom stereocenters. The van der Waals surface area contributed by atoms with Gasteiger partial charge in [-0.1, -0.05) is 36.0 Å². The number of amides is 1. The molecule has 28 heavy (non-hydrogen) atoms. The van der Waals surface area contributed by atoms with Crippen molar-refractivity contribution >= 4 is 57.2 Å². The Morgan fingerprint density at radius 2 is 2.00 bits per heavy atom. The highest BCUT2D eigenvalue weighted by Gasteiger charge is 2.34. The van der Waals surface area contributed by atoms with Gasteiger partial charge < -0.3 is 4.42 Å². The van der Waals surface area contributed by atoms with Gasteiger partial charge in [0.25, 0.3) is 11.1 Å². The predicted octanol–water partition coefficient (Wildman–Crippen LogP) is 5.42. The number of para-hydroxylation sites is 2. The van der Waals surface area contributed by atoms with Gasteiger partial charge in [0.1, 0.15) is 5.52 Å². The molecule has 1 aromatic carbocycles. The summed E-state index contributed by atoms with van der Waals surface area (Å²) in [4.78, 5) is 19.7. The Morgan fingerprint density at radius 3 is 2.79 bits per heavy atom. The first-order valence-corrected chi connectivity index (χ1v) is 11.5. The number of thioether (sulfide) groups is 1. The summed E-state index contributed by atoms with van der Waals surface area (Å²) in [6, 6.07) is 15.7. The van der Waals surface area contributed by atoms with Gasteiger partial charge in [0.15, 0.2) is 5.58 Å². The van der Waals surface area contributed by atoms with E-state index in [4.69, 9.17) is 4.42 Å². The molecule has 0 aliphatic carbocycles. The number of nitrogens with zero attached hydrogens (tertiary/aromatic N) is 3. The molecule has 0 saturated heterocycles. The maximum absolute atomic E-state index is 13.0. The minimum absolute atomic E-state index is 0.0442. The molecule has 0 spiro atoms. The molecule has 0 bridgehead atoms. The molecular weight excluding hydrogens is 410 g/mol. The molecule has 1 aliphatic heterocycles. The third-order valence-electron chi connectivity index (χ3n) is 4.44. The van der Waals surface area contributed by atoms with Gasteiger partial charge in [-0.2, -0.15) is 5.10 Å². The lowest BCUT2D eigenvalue weighted by atomic mass is 10.1. The molecule has 0 radical (unpaired) electrons. The van der Waals surface area contributed by atoms with Crippen molar-refractivity contribution < 1.29 is 9.21 Å². The highest BCUT2D eigenvalue weighted by Crippen LogP contribution is 2.36. The second-order valence-corrected chi connectivity index (χ2v) is 9.09. The van der Waals surface area contributed by atoms with E-state index in [1.54, 1.807) is 27.7 Å². The Labute approximate surface area is 173 Å². The van der Waals surface area contributed by atoms with Crippen molar-refractivity contribution in [3.05, 3.63) is 69.0 Å². The fraction of sp³-hybridized carbons (Fsp3) is 0.150. The smallest absolute Gasteiger partial charge is 0.257 e. The zero-order valence-electron chi connectivity index (χ0n) is 14.6. The number of hydrazone groups is 1. The molecule has 3 aromatic heterocycles. The monoisotopic (exact) mass is 425 g/mol. The Balaban J connectivity index is 1.36. The van der Waals surface area contributed by atoms with Crippen molar-refractivity contribution in [3.8, 4) is 0 Å². The van der Waals surface area contributed by atoms with Gasteiger partial charge in [0.05, 0.1) is 22.4 Å². The maximum atomic E-state index is 13.0. The molecule has 4 heterocycles. The summed E-state index contributed by atoms with van der Waals surface area (Å²) in [5.41, 5.74) is 2.50. The Morgan fingerprint density at radius 1 is 1.14 bits per heavy atom. The molecule has 8 heteroatoms. The van der Waals surface area contributed by atoms with Crippen molar-refractivity contribution in [1.82, 2.24) is 9.99 Å². The average Bonchev–Trinajstić information content (AvgIpc) is 3.50. The molecule has 1 aliphatic rings. The highest BCUT2D eigenvalue weighted by molar-refractivity contribution is 7.99. The van der Waals surface area contributed by atoms with Crippen LogP contribution in [0.2, 0.25) is 0 Å². The minimum Gasteiger partial charge on any atom is -0.431 e. The average molecular weight is 426 g/mol. The van der Waals surface area contributed by atoms with Crippen molar-refractivity contribution in [3.63, 3.8) is 0 Å². The molecule has 5 rings (SSSR count). The minimum atomic E-state index is -0.0474. The first-order chi connectivity index (χ1) is 13.8. The standard InChI is InChI=1S/C20H15N3O2S3/c24-19(12-28-20-21-13-5-1-2-6-16(13)25-20)23-15(18-8-4-10-27-18)11-14(22-23)17-7-3-9-26-17/h1-10,15H,11-12H2. The largest absolute Gasteiger partial charge is 0.431 e. The molecule has 1 unspecified atom stereocenters. The maximum Gasteiger partial charge on any atom is 0.257 e. The van der Waals surface area contributed by atoms with Gasteiger partial charge >= 0.3 is 0 Å². The third kappa shape index (κ3) is 3.39. The molecule has 4 aromatic rings. The normalized spacial score (nSPS) is 16.6. The van der Waals surface area contributed by atoms with Crippen LogP contribution in [0.4, 0.5) is 0 Å². The van der Waals surface area contributed by atoms with E-state index in [9.17, 15) is 4.79 Å². The van der Waals surface area contributed by atoms with E-state index in [2.05, 4.69) is 22.2 Å². The van der Waals surface area contributed by atoms with E-state index < -0.39 is 0 Å². The molecule has 0 saturated carbocycles.